The average molecular weight is 377 g/mol. The van der Waals surface area contributed by atoms with E-state index in [0.29, 0.717) is 5.78 Å². The molecule has 100 valence electrons. The third kappa shape index (κ3) is 4.24. The highest BCUT2D eigenvalue weighted by Gasteiger charge is 2.23. The zero-order chi connectivity index (χ0) is 13.4. The topological polar surface area (TPSA) is 29.1 Å². The summed E-state index contributed by atoms with van der Waals surface area (Å²) in [6.07, 6.45) is 3.97. The second-order valence-corrected chi connectivity index (χ2v) is 4.94. The van der Waals surface area contributed by atoms with Crippen molar-refractivity contribution in [1.29, 1.82) is 0 Å². The number of piperidine rings is 1. The van der Waals surface area contributed by atoms with Crippen LogP contribution in [0.5, 0.6) is 0 Å². The summed E-state index contributed by atoms with van der Waals surface area (Å²) in [7, 11) is 0. The Hall–Kier alpha value is -0.0700. The molecule has 18 heavy (non-hydrogen) atoms. The van der Waals surface area contributed by atoms with E-state index in [-0.39, 0.29) is 5.92 Å². The van der Waals surface area contributed by atoms with Crippen LogP contribution in [0, 0.1) is 5.92 Å². The maximum absolute atomic E-state index is 12.3. The first-order valence-electron chi connectivity index (χ1n) is 6.08. The molecule has 0 radical (unpaired) electrons. The number of nitrogens with one attached hydrogen (secondary N) is 1. The third-order valence-electron chi connectivity index (χ3n) is 3.08. The lowest BCUT2D eigenvalue weighted by molar-refractivity contribution is 0.0892. The molecule has 0 unspecified atom stereocenters. The van der Waals surface area contributed by atoms with Gasteiger partial charge in [-0.3, -0.25) is 4.79 Å². The molecule has 0 aliphatic carbocycles. The fourth-order valence-corrected chi connectivity index (χ4v) is 2.76. The molecule has 1 aliphatic heterocycles. The highest BCUT2D eigenvalue weighted by atomic mass is 127. The normalized spacial score (nSPS) is 15.7. The van der Waals surface area contributed by atoms with Crippen LogP contribution in [-0.2, 0) is 0 Å². The lowest BCUT2D eigenvalue weighted by Gasteiger charge is -2.22. The number of hydrogen-bond acceptors (Lipinski definition) is 3. The average Bonchev–Trinajstić information content (AvgIpc) is 2.49. The fourth-order valence-electron chi connectivity index (χ4n) is 2.15. The molecule has 1 aliphatic rings. The third-order valence-corrected chi connectivity index (χ3v) is 3.88. The molecule has 1 fully saturated rings. The number of alkyl halides is 1. The number of Topliss-reactive ketones (excluding diaryl/α,β-unsaturated/α-hetero) is 1. The molecule has 2 rings (SSSR count). The summed E-state index contributed by atoms with van der Waals surface area (Å²) in [6, 6.07) is 7.92. The summed E-state index contributed by atoms with van der Waals surface area (Å²) >= 11 is 3.80. The SMILES string of the molecule is CI.CSc1ccccc1C(=O)C1CCNCC1. The van der Waals surface area contributed by atoms with Gasteiger partial charge in [0, 0.05) is 16.4 Å². The van der Waals surface area contributed by atoms with Crippen molar-refractivity contribution in [3.8, 4) is 0 Å². The molecule has 1 N–H and O–H groups in total. The highest BCUT2D eigenvalue weighted by molar-refractivity contribution is 14.1. The largest absolute Gasteiger partial charge is 0.317 e. The van der Waals surface area contributed by atoms with Crippen LogP contribution in [0.3, 0.4) is 0 Å². The van der Waals surface area contributed by atoms with Crippen molar-refractivity contribution in [3.63, 3.8) is 0 Å². The summed E-state index contributed by atoms with van der Waals surface area (Å²) in [5, 5.41) is 3.29. The number of carbonyl (C=O) groups excluding carboxylic acids is 1. The van der Waals surface area contributed by atoms with Crippen LogP contribution in [0.4, 0.5) is 0 Å². The van der Waals surface area contributed by atoms with E-state index in [1.807, 2.05) is 35.5 Å². The van der Waals surface area contributed by atoms with Crippen molar-refractivity contribution in [1.82, 2.24) is 5.32 Å². The van der Waals surface area contributed by atoms with Crippen molar-refractivity contribution in [2.24, 2.45) is 5.92 Å². The quantitative estimate of drug-likeness (QED) is 0.378. The molecule has 1 aromatic carbocycles. The standard InChI is InChI=1S/C13H17NOS.CH3I/c1-16-12-5-3-2-4-11(12)13(15)10-6-8-14-9-7-10;1-2/h2-5,10,14H,6-9H2,1H3;1H3. The van der Waals surface area contributed by atoms with Crippen LogP contribution in [0.2, 0.25) is 0 Å². The van der Waals surface area contributed by atoms with Crippen LogP contribution in [0.15, 0.2) is 29.2 Å². The molecule has 0 bridgehead atoms. The Kier molecular flexibility index (Phi) is 7.93. The van der Waals surface area contributed by atoms with Gasteiger partial charge in [0.1, 0.15) is 0 Å². The predicted octanol–water partition coefficient (Wildman–Crippen LogP) is 3.64. The minimum Gasteiger partial charge on any atom is -0.317 e. The van der Waals surface area contributed by atoms with Gasteiger partial charge < -0.3 is 5.32 Å². The van der Waals surface area contributed by atoms with Gasteiger partial charge in [-0.25, -0.2) is 0 Å². The van der Waals surface area contributed by atoms with Gasteiger partial charge in [-0.1, -0.05) is 40.8 Å². The van der Waals surface area contributed by atoms with Crippen LogP contribution in [0.1, 0.15) is 23.2 Å². The lowest BCUT2D eigenvalue weighted by Crippen LogP contribution is -2.32. The van der Waals surface area contributed by atoms with Crippen molar-refractivity contribution in [2.45, 2.75) is 17.7 Å². The van der Waals surface area contributed by atoms with E-state index in [4.69, 9.17) is 0 Å². The Morgan fingerprint density at radius 2 is 1.89 bits per heavy atom. The number of hydrogen-bond donors (Lipinski definition) is 1. The number of benzene rings is 1. The summed E-state index contributed by atoms with van der Waals surface area (Å²) < 4.78 is 0. The maximum atomic E-state index is 12.3. The Morgan fingerprint density at radius 1 is 1.28 bits per heavy atom. The zero-order valence-electron chi connectivity index (χ0n) is 10.9. The number of ketones is 1. The van der Waals surface area contributed by atoms with E-state index in [1.165, 1.54) is 0 Å². The minimum absolute atomic E-state index is 0.217. The van der Waals surface area contributed by atoms with Gasteiger partial charge in [-0.15, -0.1) is 11.8 Å². The summed E-state index contributed by atoms with van der Waals surface area (Å²) in [5.74, 6) is 0.543. The Bertz CT molecular complexity index is 378. The van der Waals surface area contributed by atoms with Gasteiger partial charge in [0.05, 0.1) is 0 Å². The maximum Gasteiger partial charge on any atom is 0.167 e. The molecule has 0 aromatic heterocycles. The molecule has 1 aromatic rings. The number of rotatable bonds is 3. The van der Waals surface area contributed by atoms with Gasteiger partial charge in [0.2, 0.25) is 0 Å². The van der Waals surface area contributed by atoms with E-state index in [9.17, 15) is 4.79 Å². The molecule has 1 heterocycles. The number of thioether (sulfide) groups is 1. The first-order chi connectivity index (χ1) is 8.83. The second-order valence-electron chi connectivity index (χ2n) is 4.09. The predicted molar refractivity (Wildman–Crippen MR) is 88.1 cm³/mol. The summed E-state index contributed by atoms with van der Waals surface area (Å²) in [4.78, 5) is 15.4. The van der Waals surface area contributed by atoms with E-state index < -0.39 is 0 Å². The molecular formula is C14H20INOS. The fraction of sp³-hybridized carbons (Fsp3) is 0.500. The van der Waals surface area contributed by atoms with Gasteiger partial charge in [0.15, 0.2) is 5.78 Å². The number of halogens is 1. The minimum atomic E-state index is 0.217. The zero-order valence-corrected chi connectivity index (χ0v) is 13.9. The van der Waals surface area contributed by atoms with E-state index in [0.717, 1.165) is 36.4 Å². The molecular weight excluding hydrogens is 357 g/mol. The smallest absolute Gasteiger partial charge is 0.167 e. The molecule has 0 amide bonds. The van der Waals surface area contributed by atoms with Crippen molar-refractivity contribution in [2.75, 3.05) is 24.3 Å². The van der Waals surface area contributed by atoms with Crippen LogP contribution in [-0.4, -0.2) is 30.1 Å². The van der Waals surface area contributed by atoms with Crippen LogP contribution < -0.4 is 5.32 Å². The molecule has 4 heteroatoms. The Balaban J connectivity index is 0.000000771. The monoisotopic (exact) mass is 377 g/mol. The van der Waals surface area contributed by atoms with Gasteiger partial charge >= 0.3 is 0 Å². The van der Waals surface area contributed by atoms with E-state index >= 15 is 0 Å². The molecule has 0 spiro atoms. The lowest BCUT2D eigenvalue weighted by atomic mass is 9.90. The first-order valence-corrected chi connectivity index (χ1v) is 9.47. The van der Waals surface area contributed by atoms with Gasteiger partial charge in [0.25, 0.3) is 0 Å². The molecule has 2 nitrogen and oxygen atoms in total. The highest BCUT2D eigenvalue weighted by Crippen LogP contribution is 2.25. The Morgan fingerprint density at radius 3 is 2.50 bits per heavy atom. The second kappa shape index (κ2) is 8.93. The molecule has 1 saturated heterocycles. The van der Waals surface area contributed by atoms with Crippen molar-refractivity contribution >= 4 is 40.1 Å². The summed E-state index contributed by atoms with van der Waals surface area (Å²) in [6.45, 7) is 1.94. The van der Waals surface area contributed by atoms with Gasteiger partial charge in [-0.2, -0.15) is 0 Å². The summed E-state index contributed by atoms with van der Waals surface area (Å²) in [5.41, 5.74) is 0.905. The molecule has 0 atom stereocenters. The number of carbonyl (C=O) groups is 1. The molecule has 0 saturated carbocycles. The van der Waals surface area contributed by atoms with E-state index in [2.05, 4.69) is 27.9 Å². The first kappa shape index (κ1) is 16.0. The van der Waals surface area contributed by atoms with Gasteiger partial charge in [-0.05, 0) is 43.2 Å². The van der Waals surface area contributed by atoms with Crippen molar-refractivity contribution in [3.05, 3.63) is 29.8 Å². The van der Waals surface area contributed by atoms with Crippen molar-refractivity contribution < 1.29 is 4.79 Å². The van der Waals surface area contributed by atoms with E-state index in [1.54, 1.807) is 11.8 Å². The van der Waals surface area contributed by atoms with Crippen LogP contribution >= 0.6 is 34.4 Å². The van der Waals surface area contributed by atoms with Crippen LogP contribution in [0.25, 0.3) is 0 Å². The Labute approximate surface area is 127 Å².